The van der Waals surface area contributed by atoms with Crippen LogP contribution in [-0.2, 0) is 9.59 Å². The van der Waals surface area contributed by atoms with Gasteiger partial charge in [-0.05, 0) is 61.9 Å². The monoisotopic (exact) mass is 407 g/mol. The van der Waals surface area contributed by atoms with Crippen LogP contribution in [0.15, 0.2) is 42.7 Å². The fourth-order valence-electron chi connectivity index (χ4n) is 4.35. The van der Waals surface area contributed by atoms with Crippen molar-refractivity contribution in [1.29, 1.82) is 0 Å². The summed E-state index contributed by atoms with van der Waals surface area (Å²) in [4.78, 5) is 31.6. The largest absolute Gasteiger partial charge is 0.341 e. The van der Waals surface area contributed by atoms with Crippen molar-refractivity contribution in [1.82, 2.24) is 20.7 Å². The van der Waals surface area contributed by atoms with Crippen LogP contribution in [0.2, 0.25) is 0 Å². The first kappa shape index (κ1) is 20.5. The zero-order valence-corrected chi connectivity index (χ0v) is 17.5. The number of aromatic nitrogens is 1. The standard InChI is InChI=1S/C23H29N5O2/c1-15-4-3-5-16(2)21(15)25-22(29)18-8-12-28(13-9-18)23(30)20-14-19(26-27-20)17-6-10-24-11-7-17/h3-7,10-11,18-20,26-27H,8-9,12-14H2,1-2H3,(H,25,29). The third kappa shape index (κ3) is 4.37. The number of hydrazine groups is 1. The molecule has 1 aromatic carbocycles. The zero-order valence-electron chi connectivity index (χ0n) is 17.5. The van der Waals surface area contributed by atoms with E-state index in [1.165, 1.54) is 0 Å². The second-order valence-electron chi connectivity index (χ2n) is 8.27. The van der Waals surface area contributed by atoms with Gasteiger partial charge in [-0.25, -0.2) is 10.9 Å². The first-order chi connectivity index (χ1) is 14.5. The lowest BCUT2D eigenvalue weighted by Gasteiger charge is -2.33. The van der Waals surface area contributed by atoms with Crippen LogP contribution in [0.1, 0.15) is 42.0 Å². The minimum atomic E-state index is -0.247. The molecule has 7 nitrogen and oxygen atoms in total. The Kier molecular flexibility index (Phi) is 6.11. The Labute approximate surface area is 177 Å². The van der Waals surface area contributed by atoms with Crippen molar-refractivity contribution < 1.29 is 9.59 Å². The molecule has 3 heterocycles. The van der Waals surface area contributed by atoms with Gasteiger partial charge in [0, 0.05) is 43.1 Å². The van der Waals surface area contributed by atoms with Gasteiger partial charge >= 0.3 is 0 Å². The molecule has 7 heteroatoms. The lowest BCUT2D eigenvalue weighted by atomic mass is 9.94. The van der Waals surface area contributed by atoms with Gasteiger partial charge in [0.1, 0.15) is 6.04 Å². The van der Waals surface area contributed by atoms with Crippen molar-refractivity contribution in [2.75, 3.05) is 18.4 Å². The van der Waals surface area contributed by atoms with E-state index in [1.807, 2.05) is 49.1 Å². The van der Waals surface area contributed by atoms with Crippen LogP contribution in [0.5, 0.6) is 0 Å². The second-order valence-corrected chi connectivity index (χ2v) is 8.27. The summed E-state index contributed by atoms with van der Waals surface area (Å²) in [6.45, 7) is 5.24. The van der Waals surface area contributed by atoms with E-state index in [1.54, 1.807) is 12.4 Å². The number of hydrogen-bond acceptors (Lipinski definition) is 5. The van der Waals surface area contributed by atoms with Gasteiger partial charge in [0.05, 0.1) is 0 Å². The number of hydrogen-bond donors (Lipinski definition) is 3. The molecule has 2 aromatic rings. The maximum atomic E-state index is 12.9. The summed E-state index contributed by atoms with van der Waals surface area (Å²) in [5.74, 6) is 0.0952. The van der Waals surface area contributed by atoms with Crippen molar-refractivity contribution in [3.05, 3.63) is 59.4 Å². The van der Waals surface area contributed by atoms with E-state index in [9.17, 15) is 9.59 Å². The number of rotatable bonds is 4. The molecule has 2 amide bonds. The number of piperidine rings is 1. The van der Waals surface area contributed by atoms with Crippen LogP contribution in [-0.4, -0.2) is 40.8 Å². The number of nitrogens with zero attached hydrogens (tertiary/aromatic N) is 2. The van der Waals surface area contributed by atoms with Crippen molar-refractivity contribution in [2.45, 2.75) is 45.2 Å². The summed E-state index contributed by atoms with van der Waals surface area (Å²) in [7, 11) is 0. The summed E-state index contributed by atoms with van der Waals surface area (Å²) in [5, 5.41) is 3.10. The second kappa shape index (κ2) is 8.93. The van der Waals surface area contributed by atoms with Gasteiger partial charge in [-0.2, -0.15) is 0 Å². The third-order valence-corrected chi connectivity index (χ3v) is 6.22. The number of para-hydroxylation sites is 1. The number of amides is 2. The molecule has 3 N–H and O–H groups in total. The number of pyridine rings is 1. The average molecular weight is 408 g/mol. The molecule has 0 radical (unpaired) electrons. The van der Waals surface area contributed by atoms with Crippen molar-refractivity contribution in [3.8, 4) is 0 Å². The van der Waals surface area contributed by atoms with E-state index in [4.69, 9.17) is 0 Å². The molecule has 0 aliphatic carbocycles. The van der Waals surface area contributed by atoms with Crippen LogP contribution in [0.3, 0.4) is 0 Å². The highest BCUT2D eigenvalue weighted by Crippen LogP contribution is 2.26. The number of aryl methyl sites for hydroxylation is 2. The maximum absolute atomic E-state index is 12.9. The average Bonchev–Trinajstić information content (AvgIpc) is 3.27. The molecule has 2 saturated heterocycles. The fourth-order valence-corrected chi connectivity index (χ4v) is 4.35. The molecule has 2 aliphatic heterocycles. The minimum absolute atomic E-state index is 0.0536. The Hall–Kier alpha value is -2.77. The van der Waals surface area contributed by atoms with Gasteiger partial charge < -0.3 is 10.2 Å². The lowest BCUT2D eigenvalue weighted by molar-refractivity contribution is -0.136. The van der Waals surface area contributed by atoms with Gasteiger partial charge in [0.2, 0.25) is 11.8 Å². The molecule has 0 bridgehead atoms. The summed E-state index contributed by atoms with van der Waals surface area (Å²) < 4.78 is 0. The molecule has 2 aliphatic rings. The van der Waals surface area contributed by atoms with Crippen LogP contribution < -0.4 is 16.2 Å². The zero-order chi connectivity index (χ0) is 21.1. The van der Waals surface area contributed by atoms with E-state index in [0.29, 0.717) is 32.4 Å². The fraction of sp³-hybridized carbons (Fsp3) is 0.435. The minimum Gasteiger partial charge on any atom is -0.341 e. The highest BCUT2D eigenvalue weighted by atomic mass is 16.2. The summed E-state index contributed by atoms with van der Waals surface area (Å²) in [6, 6.07) is 9.79. The predicted octanol–water partition coefficient (Wildman–Crippen LogP) is 2.48. The van der Waals surface area contributed by atoms with Crippen molar-refractivity contribution in [2.24, 2.45) is 5.92 Å². The van der Waals surface area contributed by atoms with Crippen LogP contribution >= 0.6 is 0 Å². The Morgan fingerprint density at radius 3 is 2.37 bits per heavy atom. The number of carbonyl (C=O) groups is 2. The molecule has 30 heavy (non-hydrogen) atoms. The highest BCUT2D eigenvalue weighted by molar-refractivity contribution is 5.94. The smallest absolute Gasteiger partial charge is 0.241 e. The number of nitrogens with one attached hydrogen (secondary N) is 3. The Morgan fingerprint density at radius 1 is 1.03 bits per heavy atom. The Bertz CT molecular complexity index is 889. The van der Waals surface area contributed by atoms with Gasteiger partial charge in [0.15, 0.2) is 0 Å². The maximum Gasteiger partial charge on any atom is 0.241 e. The summed E-state index contributed by atoms with van der Waals surface area (Å²) >= 11 is 0. The van der Waals surface area contributed by atoms with E-state index >= 15 is 0 Å². The Morgan fingerprint density at radius 2 is 1.70 bits per heavy atom. The molecule has 2 fully saturated rings. The first-order valence-corrected chi connectivity index (χ1v) is 10.6. The van der Waals surface area contributed by atoms with Gasteiger partial charge in [0.25, 0.3) is 0 Å². The molecule has 0 spiro atoms. The normalized spacial score (nSPS) is 22.1. The molecule has 2 atom stereocenters. The van der Waals surface area contributed by atoms with E-state index < -0.39 is 0 Å². The van der Waals surface area contributed by atoms with Crippen LogP contribution in [0, 0.1) is 19.8 Å². The van der Waals surface area contributed by atoms with Gasteiger partial charge in [-0.1, -0.05) is 18.2 Å². The first-order valence-electron chi connectivity index (χ1n) is 10.6. The Balaban J connectivity index is 1.29. The molecular weight excluding hydrogens is 378 g/mol. The topological polar surface area (TPSA) is 86.4 Å². The quantitative estimate of drug-likeness (QED) is 0.725. The number of anilines is 1. The predicted molar refractivity (Wildman–Crippen MR) is 116 cm³/mol. The SMILES string of the molecule is Cc1cccc(C)c1NC(=O)C1CCN(C(=O)C2CC(c3ccncc3)NN2)CC1. The molecule has 0 saturated carbocycles. The molecule has 1 aromatic heterocycles. The van der Waals surface area contributed by atoms with E-state index in [0.717, 1.165) is 22.4 Å². The molecule has 2 unspecified atom stereocenters. The van der Waals surface area contributed by atoms with Gasteiger partial charge in [-0.15, -0.1) is 0 Å². The van der Waals surface area contributed by atoms with Crippen molar-refractivity contribution in [3.63, 3.8) is 0 Å². The highest BCUT2D eigenvalue weighted by Gasteiger charge is 2.35. The van der Waals surface area contributed by atoms with Crippen LogP contribution in [0.4, 0.5) is 5.69 Å². The summed E-state index contributed by atoms with van der Waals surface area (Å²) in [6.07, 6.45) is 5.61. The van der Waals surface area contributed by atoms with Gasteiger partial charge in [-0.3, -0.25) is 14.6 Å². The van der Waals surface area contributed by atoms with E-state index in [-0.39, 0.29) is 29.8 Å². The number of carbonyl (C=O) groups excluding carboxylic acids is 2. The molecular formula is C23H29N5O2. The third-order valence-electron chi connectivity index (χ3n) is 6.22. The van der Waals surface area contributed by atoms with Crippen LogP contribution in [0.25, 0.3) is 0 Å². The van der Waals surface area contributed by atoms with Crippen molar-refractivity contribution >= 4 is 17.5 Å². The molecule has 4 rings (SSSR count). The number of likely N-dealkylation sites (tertiary alicyclic amines) is 1. The molecule has 158 valence electrons. The summed E-state index contributed by atoms with van der Waals surface area (Å²) in [5.41, 5.74) is 10.5. The number of benzene rings is 1. The van der Waals surface area contributed by atoms with E-state index in [2.05, 4.69) is 21.2 Å². The lowest BCUT2D eigenvalue weighted by Crippen LogP contribution is -2.49.